The lowest BCUT2D eigenvalue weighted by atomic mass is 9.98. The zero-order chi connectivity index (χ0) is 11.5. The van der Waals surface area contributed by atoms with Gasteiger partial charge in [0.2, 0.25) is 0 Å². The van der Waals surface area contributed by atoms with E-state index in [2.05, 4.69) is 59.3 Å². The van der Waals surface area contributed by atoms with Crippen molar-refractivity contribution in [3.63, 3.8) is 0 Å². The van der Waals surface area contributed by atoms with Gasteiger partial charge in [0.1, 0.15) is 0 Å². The van der Waals surface area contributed by atoms with Gasteiger partial charge in [-0.25, -0.2) is 0 Å². The van der Waals surface area contributed by atoms with Crippen molar-refractivity contribution in [3.8, 4) is 0 Å². The molecular weight excluding hydrogens is 282 g/mol. The zero-order valence-corrected chi connectivity index (χ0v) is 11.5. The van der Waals surface area contributed by atoms with Gasteiger partial charge in [-0.05, 0) is 45.6 Å². The fourth-order valence-electron chi connectivity index (χ4n) is 1.81. The third-order valence-electron chi connectivity index (χ3n) is 2.67. The number of hydrogen-bond acceptors (Lipinski definition) is 2. The second kappa shape index (κ2) is 5.13. The first kappa shape index (κ1) is 11.8. The molecule has 0 bridgehead atoms. The van der Waals surface area contributed by atoms with E-state index in [-0.39, 0.29) is 6.04 Å². The zero-order valence-electron chi connectivity index (χ0n) is 9.11. The summed E-state index contributed by atoms with van der Waals surface area (Å²) in [5.41, 5.74) is 8.86. The first-order chi connectivity index (χ1) is 7.72. The Bertz CT molecular complexity index is 478. The molecule has 2 N–H and O–H groups in total. The Labute approximate surface area is 108 Å². The second-order valence-electron chi connectivity index (χ2n) is 3.67. The molecule has 0 radical (unpaired) electrons. The molecule has 0 saturated heterocycles. The summed E-state index contributed by atoms with van der Waals surface area (Å²) in [4.78, 5) is 1.20. The molecule has 1 atom stereocenters. The number of halogens is 1. The van der Waals surface area contributed by atoms with Gasteiger partial charge in [-0.15, -0.1) is 11.3 Å². The molecule has 0 spiro atoms. The molecule has 1 aromatic heterocycles. The standard InChI is InChI=1S/C13H14BrNS/c1-2-9-5-3-4-6-10(9)13(15)11-7-8-12(14)16-11/h3-8,13H,2,15H2,1H3. The van der Waals surface area contributed by atoms with E-state index in [4.69, 9.17) is 5.73 Å². The smallest absolute Gasteiger partial charge is 0.0702 e. The highest BCUT2D eigenvalue weighted by atomic mass is 79.9. The molecule has 0 fully saturated rings. The molecule has 84 valence electrons. The van der Waals surface area contributed by atoms with Gasteiger partial charge in [0.05, 0.1) is 9.83 Å². The summed E-state index contributed by atoms with van der Waals surface area (Å²) in [6.45, 7) is 2.16. The first-order valence-corrected chi connectivity index (χ1v) is 6.92. The van der Waals surface area contributed by atoms with Crippen LogP contribution in [0.3, 0.4) is 0 Å². The predicted octanol–water partition coefficient (Wildman–Crippen LogP) is 4.12. The molecule has 0 saturated carbocycles. The molecule has 0 amide bonds. The maximum absolute atomic E-state index is 6.30. The lowest BCUT2D eigenvalue weighted by molar-refractivity contribution is 0.868. The SMILES string of the molecule is CCc1ccccc1C(N)c1ccc(Br)s1. The minimum atomic E-state index is -0.00699. The van der Waals surface area contributed by atoms with Gasteiger partial charge in [-0.3, -0.25) is 0 Å². The van der Waals surface area contributed by atoms with Crippen molar-refractivity contribution in [3.05, 3.63) is 56.2 Å². The van der Waals surface area contributed by atoms with Crippen molar-refractivity contribution in [2.75, 3.05) is 0 Å². The summed E-state index contributed by atoms with van der Waals surface area (Å²) in [5.74, 6) is 0. The van der Waals surface area contributed by atoms with Crippen LogP contribution < -0.4 is 5.73 Å². The highest BCUT2D eigenvalue weighted by Gasteiger charge is 2.13. The molecular formula is C13H14BrNS. The molecule has 3 heteroatoms. The van der Waals surface area contributed by atoms with E-state index in [0.29, 0.717) is 0 Å². The molecule has 0 aliphatic carbocycles. The summed E-state index contributed by atoms with van der Waals surface area (Å²) < 4.78 is 1.13. The van der Waals surface area contributed by atoms with Crippen LogP contribution in [0.25, 0.3) is 0 Å². The number of rotatable bonds is 3. The maximum atomic E-state index is 6.30. The number of benzene rings is 1. The predicted molar refractivity (Wildman–Crippen MR) is 73.9 cm³/mol. The molecule has 16 heavy (non-hydrogen) atoms. The van der Waals surface area contributed by atoms with E-state index >= 15 is 0 Å². The normalized spacial score (nSPS) is 12.7. The Morgan fingerprint density at radius 3 is 2.62 bits per heavy atom. The molecule has 0 aliphatic heterocycles. The van der Waals surface area contributed by atoms with Crippen LogP contribution in [-0.2, 0) is 6.42 Å². The van der Waals surface area contributed by atoms with Gasteiger partial charge in [-0.1, -0.05) is 31.2 Å². The third kappa shape index (κ3) is 2.37. The van der Waals surface area contributed by atoms with Crippen LogP contribution in [0.5, 0.6) is 0 Å². The highest BCUT2D eigenvalue weighted by molar-refractivity contribution is 9.11. The number of aryl methyl sites for hydroxylation is 1. The Hall–Kier alpha value is -0.640. The van der Waals surface area contributed by atoms with Crippen LogP contribution in [0.2, 0.25) is 0 Å². The summed E-state index contributed by atoms with van der Waals surface area (Å²) in [6.07, 6.45) is 1.02. The lowest BCUT2D eigenvalue weighted by Crippen LogP contribution is -2.12. The fourth-order valence-corrected chi connectivity index (χ4v) is 3.25. The Morgan fingerprint density at radius 1 is 1.25 bits per heavy atom. The molecule has 2 aromatic rings. The molecule has 2 rings (SSSR count). The van der Waals surface area contributed by atoms with Crippen molar-refractivity contribution in [2.24, 2.45) is 5.73 Å². The Morgan fingerprint density at radius 2 is 2.00 bits per heavy atom. The second-order valence-corrected chi connectivity index (χ2v) is 6.17. The van der Waals surface area contributed by atoms with Crippen molar-refractivity contribution >= 4 is 27.3 Å². The maximum Gasteiger partial charge on any atom is 0.0702 e. The van der Waals surface area contributed by atoms with Crippen molar-refractivity contribution in [2.45, 2.75) is 19.4 Å². The number of hydrogen-bond donors (Lipinski definition) is 1. The van der Waals surface area contributed by atoms with Crippen LogP contribution in [0.4, 0.5) is 0 Å². The van der Waals surface area contributed by atoms with Gasteiger partial charge >= 0.3 is 0 Å². The van der Waals surface area contributed by atoms with Crippen molar-refractivity contribution < 1.29 is 0 Å². The first-order valence-electron chi connectivity index (χ1n) is 5.31. The molecule has 1 heterocycles. The van der Waals surface area contributed by atoms with Crippen LogP contribution >= 0.6 is 27.3 Å². The highest BCUT2D eigenvalue weighted by Crippen LogP contribution is 2.31. The van der Waals surface area contributed by atoms with Crippen LogP contribution in [-0.4, -0.2) is 0 Å². The average molecular weight is 296 g/mol. The summed E-state index contributed by atoms with van der Waals surface area (Å²) in [5, 5.41) is 0. The van der Waals surface area contributed by atoms with E-state index in [9.17, 15) is 0 Å². The summed E-state index contributed by atoms with van der Waals surface area (Å²) >= 11 is 5.17. The van der Waals surface area contributed by atoms with E-state index in [0.717, 1.165) is 10.2 Å². The Balaban J connectivity index is 2.36. The summed E-state index contributed by atoms with van der Waals surface area (Å²) in [6, 6.07) is 12.5. The fraction of sp³-hybridized carbons (Fsp3) is 0.231. The molecule has 1 unspecified atom stereocenters. The monoisotopic (exact) mass is 295 g/mol. The average Bonchev–Trinajstić information content (AvgIpc) is 2.75. The minimum Gasteiger partial charge on any atom is -0.320 e. The minimum absolute atomic E-state index is 0.00699. The van der Waals surface area contributed by atoms with E-state index in [1.807, 2.05) is 0 Å². The van der Waals surface area contributed by atoms with Crippen LogP contribution in [0, 0.1) is 0 Å². The van der Waals surface area contributed by atoms with Gasteiger partial charge in [0.15, 0.2) is 0 Å². The van der Waals surface area contributed by atoms with Crippen LogP contribution in [0.1, 0.15) is 29.0 Å². The molecule has 0 aliphatic rings. The van der Waals surface area contributed by atoms with Crippen LogP contribution in [0.15, 0.2) is 40.2 Å². The lowest BCUT2D eigenvalue weighted by Gasteiger charge is -2.14. The van der Waals surface area contributed by atoms with Gasteiger partial charge in [-0.2, -0.15) is 0 Å². The largest absolute Gasteiger partial charge is 0.320 e. The van der Waals surface area contributed by atoms with Crippen molar-refractivity contribution in [1.82, 2.24) is 0 Å². The third-order valence-corrected chi connectivity index (χ3v) is 4.38. The van der Waals surface area contributed by atoms with Gasteiger partial charge < -0.3 is 5.73 Å². The van der Waals surface area contributed by atoms with E-state index in [1.54, 1.807) is 11.3 Å². The van der Waals surface area contributed by atoms with Gasteiger partial charge in [0.25, 0.3) is 0 Å². The van der Waals surface area contributed by atoms with Crippen molar-refractivity contribution in [1.29, 1.82) is 0 Å². The number of nitrogens with two attached hydrogens (primary N) is 1. The van der Waals surface area contributed by atoms with E-state index < -0.39 is 0 Å². The Kier molecular flexibility index (Phi) is 3.79. The topological polar surface area (TPSA) is 26.0 Å². The molecule has 1 aromatic carbocycles. The molecule has 1 nitrogen and oxygen atoms in total. The number of thiophene rings is 1. The summed E-state index contributed by atoms with van der Waals surface area (Å²) in [7, 11) is 0. The van der Waals surface area contributed by atoms with E-state index in [1.165, 1.54) is 16.0 Å². The van der Waals surface area contributed by atoms with Gasteiger partial charge in [0, 0.05) is 4.88 Å². The quantitative estimate of drug-likeness (QED) is 0.906.